The van der Waals surface area contributed by atoms with Gasteiger partial charge in [-0.1, -0.05) is 109 Å². The number of hydrogen-bond donors (Lipinski definition) is 0. The second-order valence-electron chi connectivity index (χ2n) is 14.3. The summed E-state index contributed by atoms with van der Waals surface area (Å²) in [5.41, 5.74) is 14.1. The van der Waals surface area contributed by atoms with Crippen molar-refractivity contribution in [1.82, 2.24) is 4.57 Å². The molecule has 47 heavy (non-hydrogen) atoms. The van der Waals surface area contributed by atoms with E-state index in [9.17, 15) is 0 Å². The van der Waals surface area contributed by atoms with Crippen LogP contribution in [0.3, 0.4) is 0 Å². The van der Waals surface area contributed by atoms with Crippen LogP contribution in [0.25, 0.3) is 49.7 Å². The molecule has 0 bridgehead atoms. The molecule has 10 rings (SSSR count). The Bertz CT molecular complexity index is 2370. The van der Waals surface area contributed by atoms with Gasteiger partial charge in [-0.3, -0.25) is 0 Å². The van der Waals surface area contributed by atoms with E-state index in [4.69, 9.17) is 9.31 Å². The van der Waals surface area contributed by atoms with Crippen LogP contribution in [0.15, 0.2) is 133 Å². The minimum atomic E-state index is -0.410. The molecule has 1 fully saturated rings. The third-order valence-corrected chi connectivity index (χ3v) is 11.5. The summed E-state index contributed by atoms with van der Waals surface area (Å²) in [5, 5.41) is 2.42. The molecule has 0 unspecified atom stereocenters. The standard InChI is InChI=1S/C43H34BNO2/c1-41(2)42(3,4)47-44(46-41)27-21-24-40-34(25-27)33-16-8-12-20-39(33)45(40)28-22-23-32-31-15-7-11-19-37(31)43(38(32)26-28)35-17-9-5-13-29(35)30-14-6-10-18-36(30)43/h5-26H,1-4H3. The molecule has 0 radical (unpaired) electrons. The van der Waals surface area contributed by atoms with Gasteiger partial charge in [0.25, 0.3) is 0 Å². The first-order valence-electron chi connectivity index (χ1n) is 16.6. The van der Waals surface area contributed by atoms with Gasteiger partial charge >= 0.3 is 7.12 Å². The van der Waals surface area contributed by atoms with Crippen LogP contribution >= 0.6 is 0 Å². The number of fused-ring (bicyclic) bond motifs is 13. The Hall–Kier alpha value is -4.90. The first kappa shape index (κ1) is 27.2. The van der Waals surface area contributed by atoms with Crippen LogP contribution in [0, 0.1) is 0 Å². The molecule has 1 saturated heterocycles. The van der Waals surface area contributed by atoms with Gasteiger partial charge in [-0.05, 0) is 102 Å². The molecule has 0 N–H and O–H groups in total. The Labute approximate surface area is 275 Å². The van der Waals surface area contributed by atoms with E-state index in [1.165, 1.54) is 66.3 Å². The number of nitrogens with zero attached hydrogens (tertiary/aromatic N) is 1. The SMILES string of the molecule is CC1(C)OB(c2ccc3c(c2)c2ccccc2n3-c2ccc3c(c2)C2(c4ccccc4-c4ccccc42)c2ccccc2-3)OC1(C)C. The summed E-state index contributed by atoms with van der Waals surface area (Å²) in [5.74, 6) is 0. The minimum Gasteiger partial charge on any atom is -0.399 e. The van der Waals surface area contributed by atoms with E-state index in [1.807, 2.05) is 0 Å². The van der Waals surface area contributed by atoms with Crippen molar-refractivity contribution < 1.29 is 9.31 Å². The molecule has 2 heterocycles. The molecule has 7 aromatic rings. The average Bonchev–Trinajstić information content (AvgIpc) is 3.75. The van der Waals surface area contributed by atoms with Crippen LogP contribution in [0.4, 0.5) is 0 Å². The largest absolute Gasteiger partial charge is 0.494 e. The van der Waals surface area contributed by atoms with Crippen molar-refractivity contribution in [3.63, 3.8) is 0 Å². The summed E-state index contributed by atoms with van der Waals surface area (Å²) in [6.07, 6.45) is 0. The van der Waals surface area contributed by atoms with Crippen molar-refractivity contribution in [2.75, 3.05) is 0 Å². The lowest BCUT2D eigenvalue weighted by Gasteiger charge is -2.32. The van der Waals surface area contributed by atoms with Gasteiger partial charge in [-0.15, -0.1) is 0 Å². The second kappa shape index (κ2) is 9.13. The zero-order valence-electron chi connectivity index (χ0n) is 27.0. The molecule has 0 atom stereocenters. The zero-order chi connectivity index (χ0) is 31.7. The highest BCUT2D eigenvalue weighted by molar-refractivity contribution is 6.62. The molecule has 1 aromatic heterocycles. The van der Waals surface area contributed by atoms with E-state index in [0.717, 1.165) is 11.2 Å². The lowest BCUT2D eigenvalue weighted by Crippen LogP contribution is -2.41. The first-order chi connectivity index (χ1) is 22.8. The number of rotatable bonds is 2. The molecule has 1 aliphatic heterocycles. The fourth-order valence-electron chi connectivity index (χ4n) is 8.62. The van der Waals surface area contributed by atoms with Crippen LogP contribution in [-0.2, 0) is 14.7 Å². The summed E-state index contributed by atoms with van der Waals surface area (Å²) in [7, 11) is -0.410. The maximum atomic E-state index is 6.47. The summed E-state index contributed by atoms with van der Waals surface area (Å²) in [4.78, 5) is 0. The van der Waals surface area contributed by atoms with Gasteiger partial charge in [-0.25, -0.2) is 0 Å². The number of aromatic nitrogens is 1. The van der Waals surface area contributed by atoms with Crippen molar-refractivity contribution in [3.05, 3.63) is 156 Å². The highest BCUT2D eigenvalue weighted by Crippen LogP contribution is 2.62. The van der Waals surface area contributed by atoms with Gasteiger partial charge in [0.2, 0.25) is 0 Å². The van der Waals surface area contributed by atoms with E-state index >= 15 is 0 Å². The number of para-hydroxylation sites is 1. The summed E-state index contributed by atoms with van der Waals surface area (Å²) in [6, 6.07) is 49.5. The third kappa shape index (κ3) is 3.39. The normalized spacial score (nSPS) is 17.7. The molecule has 0 saturated carbocycles. The van der Waals surface area contributed by atoms with Crippen LogP contribution < -0.4 is 5.46 Å². The van der Waals surface area contributed by atoms with Gasteiger partial charge in [0.05, 0.1) is 27.7 Å². The van der Waals surface area contributed by atoms with Crippen LogP contribution in [0.1, 0.15) is 49.9 Å². The van der Waals surface area contributed by atoms with Crippen molar-refractivity contribution >= 4 is 34.4 Å². The van der Waals surface area contributed by atoms with Crippen LogP contribution in [0.2, 0.25) is 0 Å². The van der Waals surface area contributed by atoms with Crippen molar-refractivity contribution in [2.24, 2.45) is 0 Å². The second-order valence-corrected chi connectivity index (χ2v) is 14.3. The van der Waals surface area contributed by atoms with Gasteiger partial charge in [-0.2, -0.15) is 0 Å². The Morgan fingerprint density at radius 1 is 0.468 bits per heavy atom. The summed E-state index contributed by atoms with van der Waals surface area (Å²) < 4.78 is 15.4. The van der Waals surface area contributed by atoms with E-state index < -0.39 is 18.3 Å². The average molecular weight is 608 g/mol. The Kier molecular flexibility index (Phi) is 5.29. The third-order valence-electron chi connectivity index (χ3n) is 11.5. The predicted molar refractivity (Wildman–Crippen MR) is 193 cm³/mol. The zero-order valence-corrected chi connectivity index (χ0v) is 27.0. The van der Waals surface area contributed by atoms with Crippen molar-refractivity contribution in [2.45, 2.75) is 44.3 Å². The van der Waals surface area contributed by atoms with Gasteiger partial charge in [0.1, 0.15) is 0 Å². The van der Waals surface area contributed by atoms with Gasteiger partial charge < -0.3 is 13.9 Å². The number of benzene rings is 6. The molecule has 6 aromatic carbocycles. The topological polar surface area (TPSA) is 23.4 Å². The molecule has 1 spiro atoms. The quantitative estimate of drug-likeness (QED) is 0.183. The van der Waals surface area contributed by atoms with Crippen LogP contribution in [-0.4, -0.2) is 22.9 Å². The monoisotopic (exact) mass is 607 g/mol. The Morgan fingerprint density at radius 2 is 0.979 bits per heavy atom. The maximum Gasteiger partial charge on any atom is 0.494 e. The smallest absolute Gasteiger partial charge is 0.399 e. The molecular formula is C43H34BNO2. The highest BCUT2D eigenvalue weighted by atomic mass is 16.7. The molecule has 226 valence electrons. The summed E-state index contributed by atoms with van der Waals surface area (Å²) >= 11 is 0. The molecule has 4 heteroatoms. The summed E-state index contributed by atoms with van der Waals surface area (Å²) in [6.45, 7) is 8.43. The maximum absolute atomic E-state index is 6.47. The van der Waals surface area contributed by atoms with E-state index in [2.05, 4.69) is 166 Å². The molecule has 2 aliphatic carbocycles. The van der Waals surface area contributed by atoms with Crippen molar-refractivity contribution in [3.8, 4) is 27.9 Å². The Balaban J connectivity index is 1.22. The number of hydrogen-bond acceptors (Lipinski definition) is 2. The minimum absolute atomic E-state index is 0.377. The Morgan fingerprint density at radius 3 is 1.60 bits per heavy atom. The lowest BCUT2D eigenvalue weighted by molar-refractivity contribution is 0.00578. The van der Waals surface area contributed by atoms with Gasteiger partial charge in [0, 0.05) is 16.5 Å². The van der Waals surface area contributed by atoms with E-state index in [0.29, 0.717) is 0 Å². The molecule has 3 nitrogen and oxygen atoms in total. The molecule has 3 aliphatic rings. The van der Waals surface area contributed by atoms with Crippen molar-refractivity contribution in [1.29, 1.82) is 0 Å². The lowest BCUT2D eigenvalue weighted by atomic mass is 9.70. The fourth-order valence-corrected chi connectivity index (χ4v) is 8.62. The molecule has 0 amide bonds. The first-order valence-corrected chi connectivity index (χ1v) is 16.6. The highest BCUT2D eigenvalue weighted by Gasteiger charge is 2.53. The predicted octanol–water partition coefficient (Wildman–Crippen LogP) is 9.43. The fraction of sp³-hybridized carbons (Fsp3) is 0.163. The molecular weight excluding hydrogens is 573 g/mol. The van der Waals surface area contributed by atoms with Crippen LogP contribution in [0.5, 0.6) is 0 Å². The van der Waals surface area contributed by atoms with E-state index in [1.54, 1.807) is 0 Å². The van der Waals surface area contributed by atoms with E-state index in [-0.39, 0.29) is 5.41 Å². The van der Waals surface area contributed by atoms with Gasteiger partial charge in [0.15, 0.2) is 0 Å².